The van der Waals surface area contributed by atoms with Crippen molar-refractivity contribution >= 4 is 11.7 Å². The van der Waals surface area contributed by atoms with Crippen molar-refractivity contribution in [3.63, 3.8) is 0 Å². The number of alkyl halides is 2. The molecule has 1 unspecified atom stereocenters. The minimum atomic E-state index is -3.13. The van der Waals surface area contributed by atoms with E-state index >= 15 is 0 Å². The molecule has 116 valence electrons. The lowest BCUT2D eigenvalue weighted by Gasteiger charge is -2.24. The highest BCUT2D eigenvalue weighted by molar-refractivity contribution is 5.91. The van der Waals surface area contributed by atoms with Crippen LogP contribution in [0.4, 0.5) is 23.7 Å². The normalized spacial score (nSPS) is 18.1. The predicted octanol–water partition coefficient (Wildman–Crippen LogP) is 2.42. The summed E-state index contributed by atoms with van der Waals surface area (Å²) >= 11 is 0. The lowest BCUT2D eigenvalue weighted by molar-refractivity contribution is -0.0495. The van der Waals surface area contributed by atoms with Gasteiger partial charge in [0.05, 0.1) is 18.3 Å². The van der Waals surface area contributed by atoms with Gasteiger partial charge in [0.15, 0.2) is 5.75 Å². The van der Waals surface area contributed by atoms with Gasteiger partial charge in [0.25, 0.3) is 0 Å². The van der Waals surface area contributed by atoms with Crippen molar-refractivity contribution in [2.75, 3.05) is 18.5 Å². The van der Waals surface area contributed by atoms with Gasteiger partial charge in [-0.25, -0.2) is 9.18 Å². The van der Waals surface area contributed by atoms with E-state index in [1.54, 1.807) is 0 Å². The quantitative estimate of drug-likeness (QED) is 0.898. The number of urea groups is 1. The number of aliphatic hydroxyl groups is 1. The molecule has 0 aliphatic carbocycles. The van der Waals surface area contributed by atoms with Crippen LogP contribution in [0.1, 0.15) is 12.8 Å². The fourth-order valence-corrected chi connectivity index (χ4v) is 2.27. The zero-order valence-electron chi connectivity index (χ0n) is 11.1. The number of benzene rings is 1. The summed E-state index contributed by atoms with van der Waals surface area (Å²) in [7, 11) is 0. The number of rotatable bonds is 4. The van der Waals surface area contributed by atoms with Crippen LogP contribution in [0, 0.1) is 5.82 Å². The standard InChI is InChI=1S/C13H15F3N2O3/c14-8-3-4-10(11(6-8)21-12(15)16)17-13(20)18-5-1-2-9(18)7-19/h3-4,6,9,12,19H,1-2,5,7H2,(H,17,20). The molecule has 21 heavy (non-hydrogen) atoms. The van der Waals surface area contributed by atoms with E-state index in [0.29, 0.717) is 13.0 Å². The summed E-state index contributed by atoms with van der Waals surface area (Å²) in [6, 6.07) is 2.10. The molecule has 2 amide bonds. The summed E-state index contributed by atoms with van der Waals surface area (Å²) in [4.78, 5) is 13.5. The van der Waals surface area contributed by atoms with E-state index in [2.05, 4.69) is 10.1 Å². The highest BCUT2D eigenvalue weighted by Crippen LogP contribution is 2.28. The zero-order valence-corrected chi connectivity index (χ0v) is 11.1. The molecule has 1 saturated heterocycles. The van der Waals surface area contributed by atoms with Crippen LogP contribution in [-0.4, -0.2) is 41.8 Å². The molecule has 0 bridgehead atoms. The first-order chi connectivity index (χ1) is 10.0. The van der Waals surface area contributed by atoms with Crippen LogP contribution in [-0.2, 0) is 0 Å². The van der Waals surface area contributed by atoms with E-state index in [9.17, 15) is 18.0 Å². The van der Waals surface area contributed by atoms with E-state index in [0.717, 1.165) is 24.6 Å². The maximum Gasteiger partial charge on any atom is 0.387 e. The fraction of sp³-hybridized carbons (Fsp3) is 0.462. The van der Waals surface area contributed by atoms with Gasteiger partial charge in [0.2, 0.25) is 0 Å². The fourth-order valence-electron chi connectivity index (χ4n) is 2.27. The minimum absolute atomic E-state index is 0.0507. The molecule has 5 nitrogen and oxygen atoms in total. The van der Waals surface area contributed by atoms with Crippen LogP contribution in [0.5, 0.6) is 5.75 Å². The lowest BCUT2D eigenvalue weighted by atomic mass is 10.2. The lowest BCUT2D eigenvalue weighted by Crippen LogP contribution is -2.40. The molecular weight excluding hydrogens is 289 g/mol. The van der Waals surface area contributed by atoms with Crippen LogP contribution in [0.25, 0.3) is 0 Å². The molecule has 1 aromatic rings. The number of carbonyl (C=O) groups excluding carboxylic acids is 1. The monoisotopic (exact) mass is 304 g/mol. The van der Waals surface area contributed by atoms with Crippen molar-refractivity contribution < 1.29 is 27.8 Å². The topological polar surface area (TPSA) is 61.8 Å². The Morgan fingerprint density at radius 1 is 1.52 bits per heavy atom. The molecule has 2 N–H and O–H groups in total. The van der Waals surface area contributed by atoms with Gasteiger partial charge >= 0.3 is 12.6 Å². The second-order valence-corrected chi connectivity index (χ2v) is 4.62. The van der Waals surface area contributed by atoms with Gasteiger partial charge in [0, 0.05) is 12.6 Å². The number of hydrogen-bond donors (Lipinski definition) is 2. The Labute approximate surface area is 119 Å². The summed E-state index contributed by atoms with van der Waals surface area (Å²) in [5, 5.41) is 11.6. The first-order valence-electron chi connectivity index (χ1n) is 6.44. The molecule has 1 aliphatic heterocycles. The number of nitrogens with zero attached hydrogens (tertiary/aromatic N) is 1. The number of hydrogen-bond acceptors (Lipinski definition) is 3. The number of nitrogens with one attached hydrogen (secondary N) is 1. The Bertz CT molecular complexity index is 513. The van der Waals surface area contributed by atoms with E-state index in [1.165, 1.54) is 4.90 Å². The van der Waals surface area contributed by atoms with E-state index < -0.39 is 24.2 Å². The molecule has 0 saturated carbocycles. The number of likely N-dealkylation sites (tertiary alicyclic amines) is 1. The summed E-state index contributed by atoms with van der Waals surface area (Å²) in [6.45, 7) is -2.83. The second-order valence-electron chi connectivity index (χ2n) is 4.62. The maximum absolute atomic E-state index is 13.1. The van der Waals surface area contributed by atoms with E-state index in [4.69, 9.17) is 5.11 Å². The molecule has 0 aromatic heterocycles. The SMILES string of the molecule is O=C(Nc1ccc(F)cc1OC(F)F)N1CCCC1CO. The molecule has 1 aliphatic rings. The van der Waals surface area contributed by atoms with Crippen LogP contribution in [0.15, 0.2) is 18.2 Å². The van der Waals surface area contributed by atoms with E-state index in [-0.39, 0.29) is 18.3 Å². The molecule has 2 rings (SSSR count). The average molecular weight is 304 g/mol. The third-order valence-corrected chi connectivity index (χ3v) is 3.25. The van der Waals surface area contributed by atoms with Crippen molar-refractivity contribution in [2.45, 2.75) is 25.5 Å². The third-order valence-electron chi connectivity index (χ3n) is 3.25. The number of amides is 2. The summed E-state index contributed by atoms with van der Waals surface area (Å²) in [5.41, 5.74) is -0.0507. The van der Waals surface area contributed by atoms with Gasteiger partial charge in [-0.3, -0.25) is 0 Å². The van der Waals surface area contributed by atoms with Gasteiger partial charge in [-0.15, -0.1) is 0 Å². The molecule has 0 spiro atoms. The minimum Gasteiger partial charge on any atom is -0.432 e. The summed E-state index contributed by atoms with van der Waals surface area (Å²) in [6.07, 6.45) is 1.43. The van der Waals surface area contributed by atoms with Crippen LogP contribution in [0.3, 0.4) is 0 Å². The molecule has 1 aromatic carbocycles. The Hall–Kier alpha value is -1.96. The average Bonchev–Trinajstić information content (AvgIpc) is 2.89. The summed E-state index contributed by atoms with van der Waals surface area (Å²) < 4.78 is 41.8. The van der Waals surface area contributed by atoms with Gasteiger partial charge < -0.3 is 20.1 Å². The molecule has 8 heteroatoms. The van der Waals surface area contributed by atoms with Crippen LogP contribution >= 0.6 is 0 Å². The van der Waals surface area contributed by atoms with Gasteiger partial charge in [-0.2, -0.15) is 8.78 Å². The Balaban J connectivity index is 2.13. The number of aliphatic hydroxyl groups excluding tert-OH is 1. The molecule has 1 atom stereocenters. The van der Waals surface area contributed by atoms with Gasteiger partial charge in [0.1, 0.15) is 5.82 Å². The summed E-state index contributed by atoms with van der Waals surface area (Å²) in [5.74, 6) is -1.20. The first kappa shape index (κ1) is 15.4. The molecule has 1 heterocycles. The van der Waals surface area contributed by atoms with E-state index in [1.807, 2.05) is 0 Å². The molecular formula is C13H15F3N2O3. The smallest absolute Gasteiger partial charge is 0.387 e. The highest BCUT2D eigenvalue weighted by Gasteiger charge is 2.28. The number of ether oxygens (including phenoxy) is 1. The third kappa shape index (κ3) is 3.78. The van der Waals surface area contributed by atoms with Crippen LogP contribution < -0.4 is 10.1 Å². The maximum atomic E-state index is 13.1. The molecule has 1 fully saturated rings. The highest BCUT2D eigenvalue weighted by atomic mass is 19.3. The Morgan fingerprint density at radius 2 is 2.29 bits per heavy atom. The van der Waals surface area contributed by atoms with Crippen molar-refractivity contribution in [1.82, 2.24) is 4.90 Å². The Morgan fingerprint density at radius 3 is 2.95 bits per heavy atom. The second kappa shape index (κ2) is 6.66. The van der Waals surface area contributed by atoms with Crippen molar-refractivity contribution in [3.05, 3.63) is 24.0 Å². The van der Waals surface area contributed by atoms with Crippen molar-refractivity contribution in [1.29, 1.82) is 0 Å². The van der Waals surface area contributed by atoms with Crippen molar-refractivity contribution in [2.24, 2.45) is 0 Å². The zero-order chi connectivity index (χ0) is 15.4. The number of anilines is 1. The number of carbonyl (C=O) groups is 1. The molecule has 0 radical (unpaired) electrons. The first-order valence-corrected chi connectivity index (χ1v) is 6.44. The largest absolute Gasteiger partial charge is 0.432 e. The van der Waals surface area contributed by atoms with Gasteiger partial charge in [-0.1, -0.05) is 0 Å². The van der Waals surface area contributed by atoms with Crippen LogP contribution in [0.2, 0.25) is 0 Å². The van der Waals surface area contributed by atoms with Gasteiger partial charge in [-0.05, 0) is 25.0 Å². The number of halogens is 3. The van der Waals surface area contributed by atoms with Crippen molar-refractivity contribution in [3.8, 4) is 5.75 Å². The Kier molecular flexibility index (Phi) is 4.89. The predicted molar refractivity (Wildman–Crippen MR) is 68.9 cm³/mol.